The Bertz CT molecular complexity index is 254. The van der Waals surface area contributed by atoms with Gasteiger partial charge in [0.25, 0.3) is 0 Å². The summed E-state index contributed by atoms with van der Waals surface area (Å²) >= 11 is 5.98. The predicted molar refractivity (Wildman–Crippen MR) is 47.6 cm³/mol. The van der Waals surface area contributed by atoms with Crippen LogP contribution in [0, 0.1) is 0 Å². The van der Waals surface area contributed by atoms with Gasteiger partial charge in [-0.2, -0.15) is 0 Å². The number of aliphatic hydroxyl groups is 1. The average molecular weight is 206 g/mol. The molecule has 1 aromatic heterocycles. The maximum Gasteiger partial charge on any atom is 0.100 e. The molecule has 13 heavy (non-hydrogen) atoms. The first-order chi connectivity index (χ1) is 6.29. The van der Waals surface area contributed by atoms with Gasteiger partial charge in [0.2, 0.25) is 0 Å². The molecule has 6 heteroatoms. The molecule has 1 N–H and O–H groups in total. The number of hydrogen-bond donors (Lipinski definition) is 1. The molecule has 1 rings (SSSR count). The maximum atomic E-state index is 8.71. The van der Waals surface area contributed by atoms with Crippen molar-refractivity contribution in [3.63, 3.8) is 0 Å². The standard InChI is InChI=1S/C7H12ClN3O2/c1-13-5-6(8)7-4-9-10-11(7)2-3-12/h4,6,12H,2-3,5H2,1H3. The molecule has 0 fully saturated rings. The third-order valence-corrected chi connectivity index (χ3v) is 1.94. The zero-order chi connectivity index (χ0) is 9.68. The fourth-order valence-electron chi connectivity index (χ4n) is 1.01. The van der Waals surface area contributed by atoms with Crippen LogP contribution in [0.5, 0.6) is 0 Å². The highest BCUT2D eigenvalue weighted by Gasteiger charge is 2.13. The Hall–Kier alpha value is -0.650. The number of hydrogen-bond acceptors (Lipinski definition) is 4. The van der Waals surface area contributed by atoms with E-state index in [1.54, 1.807) is 18.0 Å². The predicted octanol–water partition coefficient (Wildman–Crippen LogP) is 0.197. The van der Waals surface area contributed by atoms with Gasteiger partial charge in [0.15, 0.2) is 0 Å². The summed E-state index contributed by atoms with van der Waals surface area (Å²) in [5, 5.41) is 15.9. The van der Waals surface area contributed by atoms with Crippen LogP contribution in [0.3, 0.4) is 0 Å². The lowest BCUT2D eigenvalue weighted by molar-refractivity contribution is 0.194. The second-order valence-electron chi connectivity index (χ2n) is 2.53. The summed E-state index contributed by atoms with van der Waals surface area (Å²) < 4.78 is 6.46. The van der Waals surface area contributed by atoms with Gasteiger partial charge in [0.05, 0.1) is 31.6 Å². The highest BCUT2D eigenvalue weighted by atomic mass is 35.5. The van der Waals surface area contributed by atoms with Gasteiger partial charge in [-0.3, -0.25) is 0 Å². The molecular formula is C7H12ClN3O2. The molecule has 0 bridgehead atoms. The number of methoxy groups -OCH3 is 1. The fourth-order valence-corrected chi connectivity index (χ4v) is 1.30. The number of halogens is 1. The highest BCUT2D eigenvalue weighted by Crippen LogP contribution is 2.18. The molecule has 1 unspecified atom stereocenters. The second kappa shape index (κ2) is 5.16. The largest absolute Gasteiger partial charge is 0.394 e. The van der Waals surface area contributed by atoms with E-state index in [1.807, 2.05) is 0 Å². The van der Waals surface area contributed by atoms with Gasteiger partial charge in [-0.15, -0.1) is 16.7 Å². The first kappa shape index (κ1) is 10.4. The topological polar surface area (TPSA) is 60.2 Å². The number of ether oxygens (including phenoxy) is 1. The van der Waals surface area contributed by atoms with E-state index >= 15 is 0 Å². The molecule has 0 amide bonds. The summed E-state index contributed by atoms with van der Waals surface area (Å²) in [5.41, 5.74) is 0.762. The quantitative estimate of drug-likeness (QED) is 0.698. The second-order valence-corrected chi connectivity index (χ2v) is 3.06. The molecular weight excluding hydrogens is 194 g/mol. The van der Waals surface area contributed by atoms with Crippen molar-refractivity contribution < 1.29 is 9.84 Å². The van der Waals surface area contributed by atoms with Crippen molar-refractivity contribution in [2.45, 2.75) is 11.9 Å². The van der Waals surface area contributed by atoms with Crippen LogP contribution in [-0.2, 0) is 11.3 Å². The van der Waals surface area contributed by atoms with E-state index in [-0.39, 0.29) is 12.0 Å². The van der Waals surface area contributed by atoms with Crippen LogP contribution in [-0.4, -0.2) is 40.4 Å². The lowest BCUT2D eigenvalue weighted by Gasteiger charge is -2.08. The Morgan fingerprint density at radius 2 is 2.54 bits per heavy atom. The van der Waals surface area contributed by atoms with Crippen molar-refractivity contribution in [3.8, 4) is 0 Å². The Balaban J connectivity index is 2.68. The smallest absolute Gasteiger partial charge is 0.100 e. The van der Waals surface area contributed by atoms with Crippen molar-refractivity contribution in [2.24, 2.45) is 0 Å². The van der Waals surface area contributed by atoms with Gasteiger partial charge < -0.3 is 9.84 Å². The minimum Gasteiger partial charge on any atom is -0.394 e. The summed E-state index contributed by atoms with van der Waals surface area (Å²) in [7, 11) is 1.58. The molecule has 0 aliphatic carbocycles. The minimum absolute atomic E-state index is 0.0208. The van der Waals surface area contributed by atoms with Crippen LogP contribution < -0.4 is 0 Å². The van der Waals surface area contributed by atoms with Gasteiger partial charge in [-0.05, 0) is 0 Å². The van der Waals surface area contributed by atoms with Crippen LogP contribution in [0.4, 0.5) is 0 Å². The molecule has 1 heterocycles. The third-order valence-electron chi connectivity index (χ3n) is 1.59. The molecule has 1 aromatic rings. The summed E-state index contributed by atoms with van der Waals surface area (Å²) in [6.45, 7) is 0.829. The Kier molecular flexibility index (Phi) is 4.14. The van der Waals surface area contributed by atoms with Crippen LogP contribution in [0.15, 0.2) is 6.20 Å². The monoisotopic (exact) mass is 205 g/mol. The van der Waals surface area contributed by atoms with Gasteiger partial charge in [-0.1, -0.05) is 5.21 Å². The molecule has 1 atom stereocenters. The first-order valence-corrected chi connectivity index (χ1v) is 4.35. The van der Waals surface area contributed by atoms with Gasteiger partial charge >= 0.3 is 0 Å². The minimum atomic E-state index is -0.272. The van der Waals surface area contributed by atoms with E-state index in [9.17, 15) is 0 Å². The summed E-state index contributed by atoms with van der Waals surface area (Å²) in [6, 6.07) is 0. The Morgan fingerprint density at radius 1 is 1.77 bits per heavy atom. The highest BCUT2D eigenvalue weighted by molar-refractivity contribution is 6.20. The van der Waals surface area contributed by atoms with E-state index < -0.39 is 0 Å². The summed E-state index contributed by atoms with van der Waals surface area (Å²) in [6.07, 6.45) is 1.58. The Labute approximate surface area is 81.3 Å². The lowest BCUT2D eigenvalue weighted by atomic mass is 10.3. The SMILES string of the molecule is COCC(Cl)c1cnnn1CCO. The molecule has 0 saturated heterocycles. The zero-order valence-corrected chi connectivity index (χ0v) is 8.11. The molecule has 0 aromatic carbocycles. The summed E-state index contributed by atoms with van der Waals surface area (Å²) in [5.74, 6) is 0. The maximum absolute atomic E-state index is 8.71. The number of rotatable bonds is 5. The summed E-state index contributed by atoms with van der Waals surface area (Å²) in [4.78, 5) is 0. The van der Waals surface area contributed by atoms with E-state index in [0.717, 1.165) is 5.69 Å². The normalized spacial score (nSPS) is 13.2. The fraction of sp³-hybridized carbons (Fsp3) is 0.714. The molecule has 0 saturated carbocycles. The van der Waals surface area contributed by atoms with E-state index in [2.05, 4.69) is 10.3 Å². The van der Waals surface area contributed by atoms with Crippen molar-refractivity contribution in [1.29, 1.82) is 0 Å². The first-order valence-electron chi connectivity index (χ1n) is 3.92. The van der Waals surface area contributed by atoms with E-state index in [4.69, 9.17) is 21.4 Å². The van der Waals surface area contributed by atoms with E-state index in [1.165, 1.54) is 0 Å². The molecule has 0 aliphatic heterocycles. The number of nitrogens with zero attached hydrogens (tertiary/aromatic N) is 3. The number of aliphatic hydroxyl groups excluding tert-OH is 1. The molecule has 0 radical (unpaired) electrons. The van der Waals surface area contributed by atoms with Crippen molar-refractivity contribution in [3.05, 3.63) is 11.9 Å². The average Bonchev–Trinajstić information content (AvgIpc) is 2.54. The molecule has 0 aliphatic rings. The van der Waals surface area contributed by atoms with Crippen molar-refractivity contribution in [1.82, 2.24) is 15.0 Å². The van der Waals surface area contributed by atoms with Crippen LogP contribution in [0.2, 0.25) is 0 Å². The lowest BCUT2D eigenvalue weighted by Crippen LogP contribution is -2.11. The van der Waals surface area contributed by atoms with Crippen molar-refractivity contribution >= 4 is 11.6 Å². The molecule has 0 spiro atoms. The van der Waals surface area contributed by atoms with Gasteiger partial charge in [0, 0.05) is 7.11 Å². The number of alkyl halides is 1. The Morgan fingerprint density at radius 3 is 3.15 bits per heavy atom. The van der Waals surface area contributed by atoms with Crippen molar-refractivity contribution in [2.75, 3.05) is 20.3 Å². The van der Waals surface area contributed by atoms with Crippen LogP contribution >= 0.6 is 11.6 Å². The molecule has 5 nitrogen and oxygen atoms in total. The van der Waals surface area contributed by atoms with Crippen LogP contribution in [0.25, 0.3) is 0 Å². The van der Waals surface area contributed by atoms with Gasteiger partial charge in [-0.25, -0.2) is 4.68 Å². The zero-order valence-electron chi connectivity index (χ0n) is 7.35. The third kappa shape index (κ3) is 2.65. The van der Waals surface area contributed by atoms with Gasteiger partial charge in [0.1, 0.15) is 5.38 Å². The van der Waals surface area contributed by atoms with E-state index in [0.29, 0.717) is 13.2 Å². The molecule has 74 valence electrons. The number of aromatic nitrogens is 3. The van der Waals surface area contributed by atoms with Crippen LogP contribution in [0.1, 0.15) is 11.1 Å².